The number of anilines is 3. The summed E-state index contributed by atoms with van der Waals surface area (Å²) in [7, 11) is 0. The van der Waals surface area contributed by atoms with Crippen LogP contribution in [0.25, 0.3) is 0 Å². The van der Waals surface area contributed by atoms with Gasteiger partial charge in [-0.2, -0.15) is 5.26 Å². The highest BCUT2D eigenvalue weighted by Gasteiger charge is 2.12. The first-order valence-electron chi connectivity index (χ1n) is 8.44. The molecule has 2 aromatic carbocycles. The predicted molar refractivity (Wildman–Crippen MR) is 107 cm³/mol. The summed E-state index contributed by atoms with van der Waals surface area (Å²) in [6.07, 6.45) is 1.35. The molecule has 0 unspecified atom stereocenters. The normalized spacial score (nSPS) is 10.7. The Bertz CT molecular complexity index is 932. The van der Waals surface area contributed by atoms with Crippen molar-refractivity contribution in [2.45, 2.75) is 27.7 Å². The van der Waals surface area contributed by atoms with Crippen molar-refractivity contribution in [3.05, 3.63) is 64.9 Å². The summed E-state index contributed by atoms with van der Waals surface area (Å²) in [6, 6.07) is 12.8. The fourth-order valence-corrected chi connectivity index (χ4v) is 2.75. The molecule has 0 spiro atoms. The lowest BCUT2D eigenvalue weighted by Crippen LogP contribution is -2.16. The van der Waals surface area contributed by atoms with Gasteiger partial charge in [0.05, 0.1) is 0 Å². The van der Waals surface area contributed by atoms with Crippen molar-refractivity contribution in [2.75, 3.05) is 16.0 Å². The van der Waals surface area contributed by atoms with Crippen LogP contribution in [0.15, 0.2) is 48.2 Å². The van der Waals surface area contributed by atoms with Crippen LogP contribution in [-0.2, 0) is 9.59 Å². The molecule has 6 heteroatoms. The van der Waals surface area contributed by atoms with E-state index in [2.05, 4.69) is 16.0 Å². The third kappa shape index (κ3) is 5.44. The first-order chi connectivity index (χ1) is 12.8. The number of nitriles is 1. The predicted octanol–water partition coefficient (Wildman–Crippen LogP) is 4.03. The zero-order valence-electron chi connectivity index (χ0n) is 15.8. The number of nitrogens with one attached hydrogen (secondary N) is 3. The Balaban J connectivity index is 2.16. The highest BCUT2D eigenvalue weighted by molar-refractivity contribution is 6.07. The van der Waals surface area contributed by atoms with Crippen LogP contribution in [0.4, 0.5) is 17.1 Å². The fourth-order valence-electron chi connectivity index (χ4n) is 2.75. The van der Waals surface area contributed by atoms with Crippen molar-refractivity contribution in [3.8, 4) is 6.07 Å². The highest BCUT2D eigenvalue weighted by Crippen LogP contribution is 2.22. The van der Waals surface area contributed by atoms with Crippen LogP contribution in [0, 0.1) is 32.1 Å². The van der Waals surface area contributed by atoms with Crippen molar-refractivity contribution < 1.29 is 9.59 Å². The van der Waals surface area contributed by atoms with E-state index in [1.807, 2.05) is 39.0 Å². The summed E-state index contributed by atoms with van der Waals surface area (Å²) in [5.41, 5.74) is 4.90. The Morgan fingerprint density at radius 1 is 1.00 bits per heavy atom. The summed E-state index contributed by atoms with van der Waals surface area (Å²) >= 11 is 0. The van der Waals surface area contributed by atoms with Crippen LogP contribution < -0.4 is 16.0 Å². The van der Waals surface area contributed by atoms with Crippen LogP contribution in [-0.4, -0.2) is 11.8 Å². The van der Waals surface area contributed by atoms with Crippen LogP contribution in [0.3, 0.4) is 0 Å². The van der Waals surface area contributed by atoms with E-state index in [-0.39, 0.29) is 11.5 Å². The first-order valence-corrected chi connectivity index (χ1v) is 8.44. The quantitative estimate of drug-likeness (QED) is 0.553. The van der Waals surface area contributed by atoms with Crippen molar-refractivity contribution >= 4 is 28.9 Å². The average molecular weight is 362 g/mol. The lowest BCUT2D eigenvalue weighted by atomic mass is 10.0. The molecule has 0 saturated heterocycles. The zero-order valence-corrected chi connectivity index (χ0v) is 15.8. The lowest BCUT2D eigenvalue weighted by molar-refractivity contribution is -0.114. The van der Waals surface area contributed by atoms with Crippen molar-refractivity contribution in [3.63, 3.8) is 0 Å². The van der Waals surface area contributed by atoms with Crippen molar-refractivity contribution in [1.82, 2.24) is 0 Å². The second-order valence-electron chi connectivity index (χ2n) is 6.30. The molecule has 3 N–H and O–H groups in total. The molecule has 0 aliphatic rings. The number of benzene rings is 2. The molecule has 138 valence electrons. The largest absolute Gasteiger partial charge is 0.360 e. The van der Waals surface area contributed by atoms with E-state index in [1.165, 1.54) is 13.1 Å². The highest BCUT2D eigenvalue weighted by atomic mass is 16.2. The molecule has 27 heavy (non-hydrogen) atoms. The summed E-state index contributed by atoms with van der Waals surface area (Å²) in [4.78, 5) is 23.6. The van der Waals surface area contributed by atoms with Gasteiger partial charge in [0.25, 0.3) is 5.91 Å². The monoisotopic (exact) mass is 362 g/mol. The third-order valence-electron chi connectivity index (χ3n) is 3.85. The van der Waals surface area contributed by atoms with Gasteiger partial charge in [-0.25, -0.2) is 0 Å². The van der Waals surface area contributed by atoms with Gasteiger partial charge in [-0.1, -0.05) is 23.8 Å². The Hall–Kier alpha value is -3.59. The van der Waals surface area contributed by atoms with E-state index >= 15 is 0 Å². The van der Waals surface area contributed by atoms with E-state index in [9.17, 15) is 14.9 Å². The standard InChI is InChI=1S/C21H22N4O2/c1-13-8-14(2)20(15(3)9-13)25-21(27)17(11-22)12-23-18-6-5-7-19(10-18)24-16(4)26/h5-10,12,23H,1-4H3,(H,24,26)(H,25,27)/b17-12-. The number of hydrogen-bond acceptors (Lipinski definition) is 4. The number of hydrogen-bond donors (Lipinski definition) is 3. The minimum Gasteiger partial charge on any atom is -0.360 e. The minimum absolute atomic E-state index is 0.0562. The number of rotatable bonds is 5. The molecule has 2 amide bonds. The van der Waals surface area contributed by atoms with Gasteiger partial charge in [0.2, 0.25) is 5.91 Å². The van der Waals surface area contributed by atoms with Crippen LogP contribution >= 0.6 is 0 Å². The molecular formula is C21H22N4O2. The summed E-state index contributed by atoms with van der Waals surface area (Å²) in [6.45, 7) is 7.24. The molecule has 0 aliphatic carbocycles. The van der Waals surface area contributed by atoms with Gasteiger partial charge in [-0.15, -0.1) is 0 Å². The summed E-state index contributed by atoms with van der Waals surface area (Å²) < 4.78 is 0. The van der Waals surface area contributed by atoms with E-state index in [4.69, 9.17) is 0 Å². The maximum Gasteiger partial charge on any atom is 0.267 e. The molecule has 0 bridgehead atoms. The maximum absolute atomic E-state index is 12.5. The molecule has 2 aromatic rings. The Morgan fingerprint density at radius 3 is 2.22 bits per heavy atom. The van der Waals surface area contributed by atoms with Gasteiger partial charge >= 0.3 is 0 Å². The molecule has 0 aliphatic heterocycles. The van der Waals surface area contributed by atoms with Crippen molar-refractivity contribution in [2.24, 2.45) is 0 Å². The number of aryl methyl sites for hydroxylation is 3. The molecule has 0 aromatic heterocycles. The minimum atomic E-state index is -0.488. The molecule has 0 saturated carbocycles. The fraction of sp³-hybridized carbons (Fsp3) is 0.190. The summed E-state index contributed by atoms with van der Waals surface area (Å²) in [5, 5.41) is 17.7. The van der Waals surface area contributed by atoms with Gasteiger partial charge in [-0.3, -0.25) is 9.59 Å². The molecule has 6 nitrogen and oxygen atoms in total. The van der Waals surface area contributed by atoms with Crippen LogP contribution in [0.5, 0.6) is 0 Å². The third-order valence-corrected chi connectivity index (χ3v) is 3.85. The second-order valence-corrected chi connectivity index (χ2v) is 6.30. The molecule has 2 rings (SSSR count). The molecule has 0 radical (unpaired) electrons. The zero-order chi connectivity index (χ0) is 20.0. The van der Waals surface area contributed by atoms with Gasteiger partial charge in [0.15, 0.2) is 0 Å². The molecular weight excluding hydrogens is 340 g/mol. The average Bonchev–Trinajstić information content (AvgIpc) is 2.58. The first kappa shape index (κ1) is 19.7. The van der Waals surface area contributed by atoms with Gasteiger partial charge in [0.1, 0.15) is 11.6 Å². The lowest BCUT2D eigenvalue weighted by Gasteiger charge is -2.12. The van der Waals surface area contributed by atoms with Gasteiger partial charge in [-0.05, 0) is 50.1 Å². The number of carbonyl (C=O) groups excluding carboxylic acids is 2. The SMILES string of the molecule is CC(=O)Nc1cccc(N/C=C(/C#N)C(=O)Nc2c(C)cc(C)cc2C)c1. The number of amides is 2. The van der Waals surface area contributed by atoms with E-state index < -0.39 is 5.91 Å². The number of nitrogens with zero attached hydrogens (tertiary/aromatic N) is 1. The molecule has 0 atom stereocenters. The summed E-state index contributed by atoms with van der Waals surface area (Å²) in [5.74, 6) is -0.665. The van der Waals surface area contributed by atoms with E-state index in [0.29, 0.717) is 17.1 Å². The van der Waals surface area contributed by atoms with Crippen LogP contribution in [0.2, 0.25) is 0 Å². The van der Waals surface area contributed by atoms with Crippen molar-refractivity contribution in [1.29, 1.82) is 5.26 Å². The Kier molecular flexibility index (Phi) is 6.34. The van der Waals surface area contributed by atoms with E-state index in [0.717, 1.165) is 16.7 Å². The smallest absolute Gasteiger partial charge is 0.267 e. The topological polar surface area (TPSA) is 94.0 Å². The second kappa shape index (κ2) is 8.68. The Morgan fingerprint density at radius 2 is 1.63 bits per heavy atom. The van der Waals surface area contributed by atoms with Gasteiger partial charge < -0.3 is 16.0 Å². The maximum atomic E-state index is 12.5. The van der Waals surface area contributed by atoms with E-state index in [1.54, 1.807) is 24.3 Å². The van der Waals surface area contributed by atoms with Gasteiger partial charge in [0, 0.05) is 30.2 Å². The number of carbonyl (C=O) groups is 2. The Labute approximate surface area is 158 Å². The molecule has 0 heterocycles. The molecule has 0 fully saturated rings. The van der Waals surface area contributed by atoms with Crippen LogP contribution in [0.1, 0.15) is 23.6 Å².